The number of hydrogen-bond acceptors (Lipinski definition) is 5. The second-order valence-corrected chi connectivity index (χ2v) is 4.61. The highest BCUT2D eigenvalue weighted by molar-refractivity contribution is 5.88. The molecule has 0 amide bonds. The molecule has 108 valence electrons. The maximum Gasteiger partial charge on any atom is 0.226 e. The lowest BCUT2D eigenvalue weighted by molar-refractivity contribution is 0.191. The van der Waals surface area contributed by atoms with Crippen LogP contribution in [0.5, 0.6) is 0 Å². The SMILES string of the molecule is C/C=C/Nc1nc(NC(C)CCOC)nc2[nH]ccc12. The van der Waals surface area contributed by atoms with E-state index in [4.69, 9.17) is 4.74 Å². The van der Waals surface area contributed by atoms with Gasteiger partial charge in [0.15, 0.2) is 0 Å². The van der Waals surface area contributed by atoms with E-state index in [0.29, 0.717) is 12.6 Å². The topological polar surface area (TPSA) is 74.9 Å². The summed E-state index contributed by atoms with van der Waals surface area (Å²) in [4.78, 5) is 12.1. The van der Waals surface area contributed by atoms with Gasteiger partial charge in [-0.3, -0.25) is 0 Å². The van der Waals surface area contributed by atoms with E-state index < -0.39 is 0 Å². The first-order chi connectivity index (χ1) is 9.74. The van der Waals surface area contributed by atoms with Gasteiger partial charge < -0.3 is 20.4 Å². The van der Waals surface area contributed by atoms with Gasteiger partial charge in [-0.2, -0.15) is 9.97 Å². The van der Waals surface area contributed by atoms with Gasteiger partial charge in [0, 0.05) is 26.0 Å². The standard InChI is InChI=1S/C14H21N5O/c1-4-7-15-12-11-5-8-16-13(11)19-14(18-12)17-10(2)6-9-20-3/h4-5,7-8,10H,6,9H2,1-3H3,(H3,15,16,17,18,19)/b7-4+. The van der Waals surface area contributed by atoms with Gasteiger partial charge in [-0.15, -0.1) is 0 Å². The summed E-state index contributed by atoms with van der Waals surface area (Å²) in [5.74, 6) is 1.39. The van der Waals surface area contributed by atoms with Crippen LogP contribution in [-0.4, -0.2) is 34.7 Å². The Labute approximate surface area is 118 Å². The molecular weight excluding hydrogens is 254 g/mol. The van der Waals surface area contributed by atoms with E-state index in [0.717, 1.165) is 23.3 Å². The minimum Gasteiger partial charge on any atom is -0.385 e. The third-order valence-electron chi connectivity index (χ3n) is 2.93. The number of aromatic nitrogens is 3. The number of hydrogen-bond donors (Lipinski definition) is 3. The van der Waals surface area contributed by atoms with Crippen LogP contribution in [0.3, 0.4) is 0 Å². The highest BCUT2D eigenvalue weighted by Crippen LogP contribution is 2.21. The molecule has 0 aliphatic carbocycles. The van der Waals surface area contributed by atoms with Gasteiger partial charge in [-0.1, -0.05) is 6.08 Å². The van der Waals surface area contributed by atoms with Crippen LogP contribution < -0.4 is 10.6 Å². The molecule has 0 radical (unpaired) electrons. The zero-order chi connectivity index (χ0) is 14.4. The van der Waals surface area contributed by atoms with Gasteiger partial charge >= 0.3 is 0 Å². The molecule has 2 aromatic rings. The Bertz CT molecular complexity index is 578. The average Bonchev–Trinajstić information content (AvgIpc) is 2.90. The van der Waals surface area contributed by atoms with Gasteiger partial charge in [-0.25, -0.2) is 0 Å². The Kier molecular flexibility index (Phi) is 4.95. The van der Waals surface area contributed by atoms with Crippen molar-refractivity contribution < 1.29 is 4.74 Å². The number of H-pyrrole nitrogens is 1. The van der Waals surface area contributed by atoms with Crippen LogP contribution in [0.4, 0.5) is 11.8 Å². The number of rotatable bonds is 7. The van der Waals surface area contributed by atoms with Crippen LogP contribution in [-0.2, 0) is 4.74 Å². The number of anilines is 2. The summed E-state index contributed by atoms with van der Waals surface area (Å²) in [5.41, 5.74) is 0.813. The summed E-state index contributed by atoms with van der Waals surface area (Å²) in [6, 6.07) is 2.20. The van der Waals surface area contributed by atoms with E-state index in [1.165, 1.54) is 0 Å². The van der Waals surface area contributed by atoms with E-state index in [-0.39, 0.29) is 6.04 Å². The fraction of sp³-hybridized carbons (Fsp3) is 0.429. The normalized spacial score (nSPS) is 12.9. The predicted octanol–water partition coefficient (Wildman–Crippen LogP) is 2.74. The Morgan fingerprint density at radius 1 is 1.45 bits per heavy atom. The van der Waals surface area contributed by atoms with Crippen LogP contribution in [0.25, 0.3) is 11.0 Å². The van der Waals surface area contributed by atoms with Gasteiger partial charge in [0.05, 0.1) is 5.39 Å². The number of aromatic amines is 1. The summed E-state index contributed by atoms with van der Waals surface area (Å²) in [6.45, 7) is 4.75. The molecule has 2 rings (SSSR count). The first-order valence-corrected chi connectivity index (χ1v) is 6.73. The molecule has 2 aromatic heterocycles. The average molecular weight is 275 g/mol. The van der Waals surface area contributed by atoms with Crippen molar-refractivity contribution in [3.8, 4) is 0 Å². The number of nitrogens with zero attached hydrogens (tertiary/aromatic N) is 2. The summed E-state index contributed by atoms with van der Waals surface area (Å²) >= 11 is 0. The van der Waals surface area contributed by atoms with Crippen molar-refractivity contribution in [2.75, 3.05) is 24.4 Å². The fourth-order valence-corrected chi connectivity index (χ4v) is 1.87. The number of methoxy groups -OCH3 is 1. The molecule has 1 atom stereocenters. The molecule has 2 heterocycles. The lowest BCUT2D eigenvalue weighted by atomic mass is 10.2. The van der Waals surface area contributed by atoms with Crippen LogP contribution in [0, 0.1) is 0 Å². The molecule has 20 heavy (non-hydrogen) atoms. The third-order valence-corrected chi connectivity index (χ3v) is 2.93. The second kappa shape index (κ2) is 6.91. The lowest BCUT2D eigenvalue weighted by Gasteiger charge is -2.14. The fourth-order valence-electron chi connectivity index (χ4n) is 1.87. The number of nitrogens with one attached hydrogen (secondary N) is 3. The molecule has 0 saturated heterocycles. The Morgan fingerprint density at radius 3 is 3.05 bits per heavy atom. The number of allylic oxidation sites excluding steroid dienone is 1. The second-order valence-electron chi connectivity index (χ2n) is 4.61. The minimum absolute atomic E-state index is 0.247. The van der Waals surface area contributed by atoms with E-state index in [1.54, 1.807) is 7.11 Å². The van der Waals surface area contributed by atoms with Gasteiger partial charge in [0.25, 0.3) is 0 Å². The molecule has 0 aliphatic rings. The molecule has 3 N–H and O–H groups in total. The maximum atomic E-state index is 5.08. The molecule has 6 nitrogen and oxygen atoms in total. The zero-order valence-electron chi connectivity index (χ0n) is 12.1. The molecule has 6 heteroatoms. The van der Waals surface area contributed by atoms with Gasteiger partial charge in [0.1, 0.15) is 11.5 Å². The first kappa shape index (κ1) is 14.3. The maximum absolute atomic E-state index is 5.08. The van der Waals surface area contributed by atoms with Crippen LogP contribution in [0.1, 0.15) is 20.3 Å². The number of fused-ring (bicyclic) bond motifs is 1. The van der Waals surface area contributed by atoms with Crippen molar-refractivity contribution in [3.05, 3.63) is 24.5 Å². The smallest absolute Gasteiger partial charge is 0.226 e. The first-order valence-electron chi connectivity index (χ1n) is 6.73. The largest absolute Gasteiger partial charge is 0.385 e. The Morgan fingerprint density at radius 2 is 2.30 bits per heavy atom. The summed E-state index contributed by atoms with van der Waals surface area (Å²) in [6.07, 6.45) is 6.54. The Balaban J connectivity index is 2.20. The van der Waals surface area contributed by atoms with Gasteiger partial charge in [0.2, 0.25) is 5.95 Å². The van der Waals surface area contributed by atoms with E-state index in [1.807, 2.05) is 31.5 Å². The third kappa shape index (κ3) is 3.48. The van der Waals surface area contributed by atoms with Crippen LogP contribution in [0.2, 0.25) is 0 Å². The van der Waals surface area contributed by atoms with Crippen molar-refractivity contribution in [2.45, 2.75) is 26.3 Å². The quantitative estimate of drug-likeness (QED) is 0.724. The molecular formula is C14H21N5O. The molecule has 0 saturated carbocycles. The molecule has 0 aromatic carbocycles. The van der Waals surface area contributed by atoms with Crippen molar-refractivity contribution in [2.24, 2.45) is 0 Å². The molecule has 0 spiro atoms. The van der Waals surface area contributed by atoms with Crippen molar-refractivity contribution in [1.82, 2.24) is 15.0 Å². The van der Waals surface area contributed by atoms with Crippen LogP contribution in [0.15, 0.2) is 24.5 Å². The predicted molar refractivity (Wildman–Crippen MR) is 81.9 cm³/mol. The van der Waals surface area contributed by atoms with Crippen molar-refractivity contribution in [3.63, 3.8) is 0 Å². The van der Waals surface area contributed by atoms with Gasteiger partial charge in [-0.05, 0) is 32.5 Å². The minimum atomic E-state index is 0.247. The highest BCUT2D eigenvalue weighted by atomic mass is 16.5. The molecule has 0 fully saturated rings. The summed E-state index contributed by atoms with van der Waals surface area (Å²) in [5, 5.41) is 7.42. The zero-order valence-corrected chi connectivity index (χ0v) is 12.1. The van der Waals surface area contributed by atoms with Crippen LogP contribution >= 0.6 is 0 Å². The van der Waals surface area contributed by atoms with Crippen molar-refractivity contribution in [1.29, 1.82) is 0 Å². The number of ether oxygens (including phenoxy) is 1. The van der Waals surface area contributed by atoms with E-state index in [9.17, 15) is 0 Å². The summed E-state index contributed by atoms with van der Waals surface area (Å²) < 4.78 is 5.08. The van der Waals surface area contributed by atoms with Crippen molar-refractivity contribution >= 4 is 22.8 Å². The monoisotopic (exact) mass is 275 g/mol. The molecule has 0 aliphatic heterocycles. The molecule has 0 bridgehead atoms. The highest BCUT2D eigenvalue weighted by Gasteiger charge is 2.09. The Hall–Kier alpha value is -2.08. The van der Waals surface area contributed by atoms with E-state index >= 15 is 0 Å². The lowest BCUT2D eigenvalue weighted by Crippen LogP contribution is -2.19. The summed E-state index contributed by atoms with van der Waals surface area (Å²) in [7, 11) is 1.70. The molecule has 1 unspecified atom stereocenters. The van der Waals surface area contributed by atoms with E-state index in [2.05, 4.69) is 32.5 Å².